The predicted octanol–water partition coefficient (Wildman–Crippen LogP) is 2.97. The molecule has 0 fully saturated rings. The van der Waals surface area contributed by atoms with Gasteiger partial charge in [0.25, 0.3) is 0 Å². The van der Waals surface area contributed by atoms with E-state index in [1.807, 2.05) is 43.3 Å². The minimum absolute atomic E-state index is 0.0695. The molecule has 0 saturated carbocycles. The van der Waals surface area contributed by atoms with Gasteiger partial charge >= 0.3 is 0 Å². The second kappa shape index (κ2) is 5.34. The molecule has 2 aromatic rings. The van der Waals surface area contributed by atoms with E-state index in [2.05, 4.69) is 5.32 Å². The van der Waals surface area contributed by atoms with Crippen molar-refractivity contribution in [2.45, 2.75) is 19.9 Å². The number of nitrogens with one attached hydrogen (secondary N) is 1. The van der Waals surface area contributed by atoms with E-state index in [9.17, 15) is 4.79 Å². The van der Waals surface area contributed by atoms with Gasteiger partial charge in [-0.3, -0.25) is 4.79 Å². The lowest BCUT2D eigenvalue weighted by Crippen LogP contribution is -2.21. The summed E-state index contributed by atoms with van der Waals surface area (Å²) in [6, 6.07) is 11.8. The number of rotatable bonds is 4. The maximum absolute atomic E-state index is 11.1. The Balaban J connectivity index is 2.01. The first kappa shape index (κ1) is 11.5. The highest BCUT2D eigenvalue weighted by molar-refractivity contribution is 5.75. The fourth-order valence-corrected chi connectivity index (χ4v) is 1.56. The Morgan fingerprint density at radius 2 is 2.00 bits per heavy atom. The smallest absolute Gasteiger partial charge is 0.219 e. The summed E-state index contributed by atoms with van der Waals surface area (Å²) in [4.78, 5) is 11.1. The van der Waals surface area contributed by atoms with Crippen LogP contribution in [0.2, 0.25) is 0 Å². The Bertz CT molecular complexity index is 471. The number of hydrogen-bond acceptors (Lipinski definition) is 2. The first-order chi connectivity index (χ1) is 8.29. The van der Waals surface area contributed by atoms with Gasteiger partial charge < -0.3 is 9.73 Å². The van der Waals surface area contributed by atoms with Gasteiger partial charge in [0, 0.05) is 18.5 Å². The summed E-state index contributed by atoms with van der Waals surface area (Å²) in [5.74, 6) is 0.925. The van der Waals surface area contributed by atoms with Gasteiger partial charge in [0.05, 0.1) is 6.26 Å². The summed E-state index contributed by atoms with van der Waals surface area (Å²) in [5, 5.41) is 2.84. The second-order valence-electron chi connectivity index (χ2n) is 3.80. The van der Waals surface area contributed by atoms with E-state index in [0.29, 0.717) is 13.0 Å². The molecule has 0 bridgehead atoms. The number of amides is 1. The summed E-state index contributed by atoms with van der Waals surface area (Å²) >= 11 is 0. The summed E-state index contributed by atoms with van der Waals surface area (Å²) in [6.45, 7) is 2.42. The molecule has 0 radical (unpaired) electrons. The molecule has 0 aliphatic rings. The summed E-state index contributed by atoms with van der Waals surface area (Å²) in [6.07, 6.45) is 2.18. The Morgan fingerprint density at radius 1 is 1.24 bits per heavy atom. The summed E-state index contributed by atoms with van der Waals surface area (Å²) < 4.78 is 5.31. The van der Waals surface area contributed by atoms with Crippen LogP contribution in [0.1, 0.15) is 18.9 Å². The monoisotopic (exact) mass is 229 g/mol. The lowest BCUT2D eigenvalue weighted by Gasteiger charge is -2.04. The first-order valence-electron chi connectivity index (χ1n) is 5.69. The van der Waals surface area contributed by atoms with E-state index in [4.69, 9.17) is 4.42 Å². The molecule has 0 unspecified atom stereocenters. The van der Waals surface area contributed by atoms with Crippen LogP contribution in [0.25, 0.3) is 11.3 Å². The maximum atomic E-state index is 11.1. The molecule has 88 valence electrons. The van der Waals surface area contributed by atoms with E-state index in [-0.39, 0.29) is 5.91 Å². The molecule has 0 aliphatic carbocycles. The minimum atomic E-state index is 0.0695. The van der Waals surface area contributed by atoms with Crippen molar-refractivity contribution in [3.63, 3.8) is 0 Å². The lowest BCUT2D eigenvalue weighted by molar-refractivity contribution is -0.120. The zero-order valence-electron chi connectivity index (χ0n) is 9.77. The van der Waals surface area contributed by atoms with Crippen LogP contribution in [-0.2, 0) is 11.3 Å². The van der Waals surface area contributed by atoms with Crippen molar-refractivity contribution in [1.29, 1.82) is 0 Å². The third-order valence-electron chi connectivity index (χ3n) is 2.57. The van der Waals surface area contributed by atoms with Crippen molar-refractivity contribution >= 4 is 5.91 Å². The van der Waals surface area contributed by atoms with E-state index in [1.54, 1.807) is 6.26 Å². The summed E-state index contributed by atoms with van der Waals surface area (Å²) in [5.41, 5.74) is 2.13. The Labute approximate surface area is 100 Å². The van der Waals surface area contributed by atoms with Crippen molar-refractivity contribution in [2.24, 2.45) is 0 Å². The quantitative estimate of drug-likeness (QED) is 0.875. The molecule has 1 N–H and O–H groups in total. The normalized spacial score (nSPS) is 10.2. The summed E-state index contributed by atoms with van der Waals surface area (Å²) in [7, 11) is 0. The van der Waals surface area contributed by atoms with Gasteiger partial charge in [-0.1, -0.05) is 31.2 Å². The van der Waals surface area contributed by atoms with Gasteiger partial charge in [0.2, 0.25) is 5.91 Å². The van der Waals surface area contributed by atoms with Crippen molar-refractivity contribution in [1.82, 2.24) is 5.32 Å². The topological polar surface area (TPSA) is 42.2 Å². The molecule has 1 aromatic carbocycles. The van der Waals surface area contributed by atoms with Crippen LogP contribution in [0.5, 0.6) is 0 Å². The molecular weight excluding hydrogens is 214 g/mol. The molecule has 0 atom stereocenters. The molecule has 1 heterocycles. The fraction of sp³-hybridized carbons (Fsp3) is 0.214. The number of benzene rings is 1. The zero-order valence-corrected chi connectivity index (χ0v) is 9.77. The van der Waals surface area contributed by atoms with Crippen LogP contribution in [0, 0.1) is 0 Å². The number of carbonyl (C=O) groups is 1. The largest absolute Gasteiger partial charge is 0.464 e. The average Bonchev–Trinajstić information content (AvgIpc) is 2.90. The molecule has 3 heteroatoms. The molecular formula is C14H15NO2. The highest BCUT2D eigenvalue weighted by atomic mass is 16.3. The third kappa shape index (κ3) is 2.97. The molecule has 2 rings (SSSR count). The van der Waals surface area contributed by atoms with Crippen LogP contribution in [0.3, 0.4) is 0 Å². The predicted molar refractivity (Wildman–Crippen MR) is 66.3 cm³/mol. The number of carbonyl (C=O) groups excluding carboxylic acids is 1. The minimum Gasteiger partial charge on any atom is -0.464 e. The molecule has 0 spiro atoms. The van der Waals surface area contributed by atoms with Gasteiger partial charge in [0.1, 0.15) is 5.76 Å². The Hall–Kier alpha value is -2.03. The van der Waals surface area contributed by atoms with Crippen LogP contribution >= 0.6 is 0 Å². The third-order valence-corrected chi connectivity index (χ3v) is 2.57. The van der Waals surface area contributed by atoms with E-state index < -0.39 is 0 Å². The molecule has 1 aromatic heterocycles. The zero-order chi connectivity index (χ0) is 12.1. The Kier molecular flexibility index (Phi) is 3.60. The lowest BCUT2D eigenvalue weighted by atomic mass is 10.1. The maximum Gasteiger partial charge on any atom is 0.219 e. The van der Waals surface area contributed by atoms with Crippen LogP contribution in [-0.4, -0.2) is 5.91 Å². The van der Waals surface area contributed by atoms with Crippen LogP contribution in [0.15, 0.2) is 47.1 Å². The molecule has 1 amide bonds. The van der Waals surface area contributed by atoms with Gasteiger partial charge in [-0.15, -0.1) is 0 Å². The SMILES string of the molecule is CCC(=O)NCc1ccc(-c2ccco2)cc1. The van der Waals surface area contributed by atoms with E-state index in [1.165, 1.54) is 0 Å². The first-order valence-corrected chi connectivity index (χ1v) is 5.69. The Morgan fingerprint density at radius 3 is 2.59 bits per heavy atom. The van der Waals surface area contributed by atoms with Crippen molar-refractivity contribution in [2.75, 3.05) is 0 Å². The van der Waals surface area contributed by atoms with Gasteiger partial charge in [-0.05, 0) is 17.7 Å². The van der Waals surface area contributed by atoms with Crippen molar-refractivity contribution < 1.29 is 9.21 Å². The highest BCUT2D eigenvalue weighted by Crippen LogP contribution is 2.19. The fourth-order valence-electron chi connectivity index (χ4n) is 1.56. The van der Waals surface area contributed by atoms with Crippen LogP contribution in [0.4, 0.5) is 0 Å². The van der Waals surface area contributed by atoms with Gasteiger partial charge in [0.15, 0.2) is 0 Å². The number of hydrogen-bond donors (Lipinski definition) is 1. The standard InChI is InChI=1S/C14H15NO2/c1-2-14(16)15-10-11-5-7-12(8-6-11)13-4-3-9-17-13/h3-9H,2,10H2,1H3,(H,15,16). The second-order valence-corrected chi connectivity index (χ2v) is 3.80. The molecule has 0 saturated heterocycles. The molecule has 17 heavy (non-hydrogen) atoms. The van der Waals surface area contributed by atoms with E-state index >= 15 is 0 Å². The average molecular weight is 229 g/mol. The van der Waals surface area contributed by atoms with Gasteiger partial charge in [-0.25, -0.2) is 0 Å². The highest BCUT2D eigenvalue weighted by Gasteiger charge is 2.01. The van der Waals surface area contributed by atoms with Gasteiger partial charge in [-0.2, -0.15) is 0 Å². The van der Waals surface area contributed by atoms with E-state index in [0.717, 1.165) is 16.9 Å². The number of furan rings is 1. The molecule has 3 nitrogen and oxygen atoms in total. The van der Waals surface area contributed by atoms with Crippen molar-refractivity contribution in [3.05, 3.63) is 48.2 Å². The van der Waals surface area contributed by atoms with Crippen molar-refractivity contribution in [3.8, 4) is 11.3 Å². The molecule has 0 aliphatic heterocycles. The van der Waals surface area contributed by atoms with Crippen LogP contribution < -0.4 is 5.32 Å².